The number of ether oxygens (including phenoxy) is 1. The maximum atomic E-state index is 11.8. The zero-order valence-corrected chi connectivity index (χ0v) is 15.8. The second-order valence-electron chi connectivity index (χ2n) is 7.35. The summed E-state index contributed by atoms with van der Waals surface area (Å²) in [6, 6.07) is 12.8. The molecule has 2 heterocycles. The van der Waals surface area contributed by atoms with Gasteiger partial charge in [-0.05, 0) is 48.7 Å². The molecule has 1 saturated heterocycles. The molecule has 0 spiro atoms. The number of carbonyl (C=O) groups is 1. The predicted octanol–water partition coefficient (Wildman–Crippen LogP) is 3.87. The van der Waals surface area contributed by atoms with E-state index >= 15 is 0 Å². The first-order chi connectivity index (χ1) is 13.5. The number of likely N-dealkylation sites (tertiary alicyclic amines) is 1. The van der Waals surface area contributed by atoms with E-state index in [0.29, 0.717) is 17.7 Å². The maximum absolute atomic E-state index is 11.8. The van der Waals surface area contributed by atoms with Crippen molar-refractivity contribution in [1.29, 1.82) is 0 Å². The molecule has 2 N–H and O–H groups in total. The van der Waals surface area contributed by atoms with Crippen LogP contribution >= 0.6 is 0 Å². The van der Waals surface area contributed by atoms with Crippen molar-refractivity contribution in [3.8, 4) is 5.75 Å². The fourth-order valence-electron chi connectivity index (χ4n) is 4.30. The van der Waals surface area contributed by atoms with E-state index in [1.54, 1.807) is 25.5 Å². The van der Waals surface area contributed by atoms with Crippen LogP contribution < -0.4 is 4.74 Å². The van der Waals surface area contributed by atoms with Crippen LogP contribution in [0.15, 0.2) is 47.5 Å². The number of aliphatic imine (C=N–C) groups is 1. The van der Waals surface area contributed by atoms with Crippen LogP contribution in [-0.2, 0) is 5.72 Å². The highest BCUT2D eigenvalue weighted by molar-refractivity contribution is 5.89. The molecule has 2 aliphatic rings. The number of hydrogen-bond acceptors (Lipinski definition) is 5. The van der Waals surface area contributed by atoms with Crippen molar-refractivity contribution >= 4 is 17.9 Å². The van der Waals surface area contributed by atoms with Gasteiger partial charge in [-0.2, -0.15) is 0 Å². The van der Waals surface area contributed by atoms with Gasteiger partial charge in [0.15, 0.2) is 5.72 Å². The SMILES string of the molecule is COc1ccc(C2CCCCN2C2(O)CC=Nc3ccc(C(=O)O)cc32)cc1. The smallest absolute Gasteiger partial charge is 0.335 e. The summed E-state index contributed by atoms with van der Waals surface area (Å²) in [6.07, 6.45) is 5.05. The molecule has 0 bridgehead atoms. The highest BCUT2D eigenvalue weighted by atomic mass is 16.5. The summed E-state index contributed by atoms with van der Waals surface area (Å²) >= 11 is 0. The molecule has 28 heavy (non-hydrogen) atoms. The standard InChI is InChI=1S/C22H24N2O4/c1-28-17-8-5-15(6-9-17)20-4-2-3-13-24(20)22(27)11-12-23-19-10-7-16(21(25)26)14-18(19)22/h5-10,12,14,20,27H,2-4,11,13H2,1H3,(H,25,26). The van der Waals surface area contributed by atoms with E-state index in [0.717, 1.165) is 37.1 Å². The van der Waals surface area contributed by atoms with Crippen LogP contribution in [0.4, 0.5) is 5.69 Å². The predicted molar refractivity (Wildman–Crippen MR) is 106 cm³/mol. The summed E-state index contributed by atoms with van der Waals surface area (Å²) in [7, 11) is 1.64. The molecule has 0 radical (unpaired) electrons. The largest absolute Gasteiger partial charge is 0.497 e. The Morgan fingerprint density at radius 3 is 2.71 bits per heavy atom. The van der Waals surface area contributed by atoms with Gasteiger partial charge in [0.1, 0.15) is 5.75 Å². The van der Waals surface area contributed by atoms with E-state index in [-0.39, 0.29) is 11.6 Å². The number of aliphatic hydroxyl groups is 1. The number of benzene rings is 2. The van der Waals surface area contributed by atoms with Gasteiger partial charge in [-0.3, -0.25) is 9.89 Å². The molecule has 0 aliphatic carbocycles. The molecular formula is C22H24N2O4. The average molecular weight is 380 g/mol. The number of carboxylic acid groups (broad SMARTS) is 1. The molecule has 0 aromatic heterocycles. The fourth-order valence-corrected chi connectivity index (χ4v) is 4.30. The third kappa shape index (κ3) is 3.19. The number of methoxy groups -OCH3 is 1. The second kappa shape index (κ2) is 7.37. The van der Waals surface area contributed by atoms with Gasteiger partial charge in [-0.1, -0.05) is 18.6 Å². The van der Waals surface area contributed by atoms with Crippen LogP contribution in [0.1, 0.15) is 53.2 Å². The minimum Gasteiger partial charge on any atom is -0.497 e. The Hall–Kier alpha value is -2.70. The van der Waals surface area contributed by atoms with Gasteiger partial charge in [0.2, 0.25) is 0 Å². The molecule has 1 fully saturated rings. The summed E-state index contributed by atoms with van der Waals surface area (Å²) in [5.74, 6) is -0.212. The van der Waals surface area contributed by atoms with Crippen LogP contribution in [-0.4, -0.2) is 41.0 Å². The number of nitrogens with zero attached hydrogens (tertiary/aromatic N) is 2. The van der Waals surface area contributed by atoms with E-state index in [9.17, 15) is 15.0 Å². The number of piperidine rings is 1. The van der Waals surface area contributed by atoms with Crippen LogP contribution in [0.5, 0.6) is 5.75 Å². The van der Waals surface area contributed by atoms with Crippen molar-refractivity contribution in [1.82, 2.24) is 4.90 Å². The van der Waals surface area contributed by atoms with Crippen molar-refractivity contribution in [2.45, 2.75) is 37.5 Å². The zero-order chi connectivity index (χ0) is 19.7. The summed E-state index contributed by atoms with van der Waals surface area (Å²) in [6.45, 7) is 0.734. The molecule has 0 saturated carbocycles. The Balaban J connectivity index is 1.76. The summed E-state index contributed by atoms with van der Waals surface area (Å²) in [5, 5.41) is 21.2. The van der Waals surface area contributed by atoms with E-state index in [4.69, 9.17) is 4.74 Å². The van der Waals surface area contributed by atoms with Crippen LogP contribution in [0.2, 0.25) is 0 Å². The minimum atomic E-state index is -1.28. The van der Waals surface area contributed by atoms with Crippen LogP contribution in [0.3, 0.4) is 0 Å². The Bertz CT molecular complexity index is 909. The van der Waals surface area contributed by atoms with Crippen molar-refractivity contribution < 1.29 is 19.7 Å². The summed E-state index contributed by atoms with van der Waals surface area (Å²) in [5.41, 5.74) is 1.18. The lowest BCUT2D eigenvalue weighted by molar-refractivity contribution is -0.143. The van der Waals surface area contributed by atoms with Gasteiger partial charge in [0, 0.05) is 30.8 Å². The Morgan fingerprint density at radius 2 is 2.00 bits per heavy atom. The number of carboxylic acids is 1. The van der Waals surface area contributed by atoms with Gasteiger partial charge in [-0.25, -0.2) is 4.79 Å². The summed E-state index contributed by atoms with van der Waals surface area (Å²) < 4.78 is 5.27. The van der Waals surface area contributed by atoms with Crippen molar-refractivity contribution in [3.05, 3.63) is 59.2 Å². The first-order valence-electron chi connectivity index (χ1n) is 9.56. The monoisotopic (exact) mass is 380 g/mol. The van der Waals surface area contributed by atoms with Gasteiger partial charge in [0.25, 0.3) is 0 Å². The molecule has 2 aliphatic heterocycles. The van der Waals surface area contributed by atoms with Crippen molar-refractivity contribution in [2.24, 2.45) is 4.99 Å². The number of hydrogen-bond donors (Lipinski definition) is 2. The van der Waals surface area contributed by atoms with Crippen molar-refractivity contribution in [3.63, 3.8) is 0 Å². The highest BCUT2D eigenvalue weighted by Gasteiger charge is 2.44. The third-order valence-electron chi connectivity index (χ3n) is 5.76. The molecule has 2 atom stereocenters. The molecule has 2 aromatic carbocycles. The minimum absolute atomic E-state index is 0.0393. The van der Waals surface area contributed by atoms with Crippen LogP contribution in [0.25, 0.3) is 0 Å². The molecule has 6 nitrogen and oxygen atoms in total. The Labute approximate surface area is 164 Å². The molecule has 146 valence electrons. The summed E-state index contributed by atoms with van der Waals surface area (Å²) in [4.78, 5) is 18.0. The maximum Gasteiger partial charge on any atom is 0.335 e. The molecular weight excluding hydrogens is 356 g/mol. The van der Waals surface area contributed by atoms with E-state index < -0.39 is 11.7 Å². The fraction of sp³-hybridized carbons (Fsp3) is 0.364. The van der Waals surface area contributed by atoms with Crippen LogP contribution in [0, 0.1) is 0 Å². The van der Waals surface area contributed by atoms with Gasteiger partial charge < -0.3 is 14.9 Å². The molecule has 2 aromatic rings. The Kier molecular flexibility index (Phi) is 4.91. The first kappa shape index (κ1) is 18.7. The lowest BCUT2D eigenvalue weighted by Gasteiger charge is -2.48. The van der Waals surface area contributed by atoms with Gasteiger partial charge >= 0.3 is 5.97 Å². The topological polar surface area (TPSA) is 82.4 Å². The molecule has 0 amide bonds. The normalized spacial score (nSPS) is 24.6. The quantitative estimate of drug-likeness (QED) is 0.841. The lowest BCUT2D eigenvalue weighted by Crippen LogP contribution is -2.51. The van der Waals surface area contributed by atoms with E-state index in [2.05, 4.69) is 9.89 Å². The third-order valence-corrected chi connectivity index (χ3v) is 5.76. The molecule has 6 heteroatoms. The zero-order valence-electron chi connectivity index (χ0n) is 15.8. The second-order valence-corrected chi connectivity index (χ2v) is 7.35. The highest BCUT2D eigenvalue weighted by Crippen LogP contribution is 2.45. The molecule has 2 unspecified atom stereocenters. The van der Waals surface area contributed by atoms with E-state index in [1.165, 1.54) is 6.07 Å². The van der Waals surface area contributed by atoms with Gasteiger partial charge in [-0.15, -0.1) is 0 Å². The number of rotatable bonds is 4. The first-order valence-corrected chi connectivity index (χ1v) is 9.56. The average Bonchev–Trinajstić information content (AvgIpc) is 2.74. The number of fused-ring (bicyclic) bond motifs is 1. The van der Waals surface area contributed by atoms with Gasteiger partial charge in [0.05, 0.1) is 18.4 Å². The lowest BCUT2D eigenvalue weighted by atomic mass is 9.86. The number of aromatic carboxylic acids is 1. The van der Waals surface area contributed by atoms with E-state index in [1.807, 2.05) is 24.3 Å². The molecule has 4 rings (SSSR count). The van der Waals surface area contributed by atoms with Crippen molar-refractivity contribution in [2.75, 3.05) is 13.7 Å². The Morgan fingerprint density at radius 1 is 1.21 bits per heavy atom.